The summed E-state index contributed by atoms with van der Waals surface area (Å²) >= 11 is 0. The fourth-order valence-corrected chi connectivity index (χ4v) is 13.3. The first-order chi connectivity index (χ1) is 46.1. The Balaban J connectivity index is 5.20. The molecular formula is C77H150O17P2. The van der Waals surface area contributed by atoms with Gasteiger partial charge < -0.3 is 33.8 Å². The number of phosphoric ester groups is 2. The van der Waals surface area contributed by atoms with Gasteiger partial charge in [-0.05, 0) is 49.4 Å². The van der Waals surface area contributed by atoms with Crippen LogP contribution in [0.2, 0.25) is 0 Å². The van der Waals surface area contributed by atoms with Crippen LogP contribution >= 0.6 is 15.6 Å². The van der Waals surface area contributed by atoms with Crippen molar-refractivity contribution in [3.05, 3.63) is 0 Å². The summed E-state index contributed by atoms with van der Waals surface area (Å²) in [5.74, 6) is 0.926. The Bertz CT molecular complexity index is 1890. The highest BCUT2D eigenvalue weighted by Gasteiger charge is 2.30. The van der Waals surface area contributed by atoms with Gasteiger partial charge in [0.1, 0.15) is 19.3 Å². The highest BCUT2D eigenvalue weighted by atomic mass is 31.2. The predicted molar refractivity (Wildman–Crippen MR) is 391 cm³/mol. The maximum absolute atomic E-state index is 13.1. The van der Waals surface area contributed by atoms with E-state index in [1.165, 1.54) is 186 Å². The Labute approximate surface area is 588 Å². The minimum absolute atomic E-state index is 0.104. The lowest BCUT2D eigenvalue weighted by atomic mass is 10.00. The van der Waals surface area contributed by atoms with Crippen molar-refractivity contribution in [1.29, 1.82) is 0 Å². The quantitative estimate of drug-likeness (QED) is 0.0222. The molecule has 3 N–H and O–H groups in total. The first kappa shape index (κ1) is 94.1. The second-order valence-corrected chi connectivity index (χ2v) is 32.3. The lowest BCUT2D eigenvalue weighted by molar-refractivity contribution is -0.161. The number of hydrogen-bond donors (Lipinski definition) is 3. The van der Waals surface area contributed by atoms with Crippen molar-refractivity contribution in [2.75, 3.05) is 39.6 Å². The van der Waals surface area contributed by atoms with Crippen molar-refractivity contribution in [1.82, 2.24) is 0 Å². The van der Waals surface area contributed by atoms with Crippen LogP contribution in [-0.2, 0) is 65.4 Å². The summed E-state index contributed by atoms with van der Waals surface area (Å²) in [4.78, 5) is 72.8. The van der Waals surface area contributed by atoms with Crippen LogP contribution in [0.25, 0.3) is 0 Å². The Morgan fingerprint density at radius 3 is 0.740 bits per heavy atom. The average Bonchev–Trinajstić information content (AvgIpc) is 1.66. The zero-order valence-corrected chi connectivity index (χ0v) is 64.8. The predicted octanol–water partition coefficient (Wildman–Crippen LogP) is 22.4. The normalized spacial score (nSPS) is 14.4. The lowest BCUT2D eigenvalue weighted by Crippen LogP contribution is -2.30. The Kier molecular flexibility index (Phi) is 65.0. The van der Waals surface area contributed by atoms with E-state index >= 15 is 0 Å². The third-order valence-corrected chi connectivity index (χ3v) is 20.1. The second kappa shape index (κ2) is 66.3. The number of phosphoric acid groups is 2. The topological polar surface area (TPSA) is 237 Å². The SMILES string of the molecule is CCC(C)CCCCCCCCC(=O)OC[C@H](COP(=O)(O)OC[C@H](O)COP(=O)(O)OC[C@@H](COC(=O)CCCCCCCCCCCCCCCCCCC(C)C)OC(=O)CCCCCCCCCCC(C)C)OC(=O)CCCCCCCCCCCCCCCC(C)C. The number of aliphatic hydroxyl groups excluding tert-OH is 1. The van der Waals surface area contributed by atoms with E-state index in [2.05, 4.69) is 55.4 Å². The van der Waals surface area contributed by atoms with Gasteiger partial charge in [0.2, 0.25) is 0 Å². The highest BCUT2D eigenvalue weighted by Crippen LogP contribution is 2.45. The summed E-state index contributed by atoms with van der Waals surface area (Å²) in [7, 11) is -9.91. The fraction of sp³-hybridized carbons (Fsp3) is 0.948. The van der Waals surface area contributed by atoms with Crippen molar-refractivity contribution in [3.63, 3.8) is 0 Å². The van der Waals surface area contributed by atoms with Gasteiger partial charge in [-0.15, -0.1) is 0 Å². The van der Waals surface area contributed by atoms with E-state index in [0.717, 1.165) is 120 Å². The number of unbranched alkanes of at least 4 members (excludes halogenated alkanes) is 39. The van der Waals surface area contributed by atoms with E-state index in [0.29, 0.717) is 25.7 Å². The molecule has 0 aliphatic heterocycles. The zero-order valence-electron chi connectivity index (χ0n) is 63.0. The number of ether oxygens (including phenoxy) is 4. The van der Waals surface area contributed by atoms with Crippen LogP contribution in [0.5, 0.6) is 0 Å². The van der Waals surface area contributed by atoms with Crippen molar-refractivity contribution in [3.8, 4) is 0 Å². The zero-order chi connectivity index (χ0) is 71.0. The van der Waals surface area contributed by atoms with Gasteiger partial charge in [-0.25, -0.2) is 9.13 Å². The number of carbonyl (C=O) groups is 4. The molecule has 0 rings (SSSR count). The number of rotatable bonds is 74. The van der Waals surface area contributed by atoms with Gasteiger partial charge >= 0.3 is 39.5 Å². The molecule has 0 aliphatic rings. The van der Waals surface area contributed by atoms with Gasteiger partial charge in [0.15, 0.2) is 12.2 Å². The van der Waals surface area contributed by atoms with Gasteiger partial charge in [0, 0.05) is 25.7 Å². The highest BCUT2D eigenvalue weighted by molar-refractivity contribution is 7.47. The Morgan fingerprint density at radius 1 is 0.292 bits per heavy atom. The third-order valence-electron chi connectivity index (χ3n) is 18.2. The molecule has 0 fully saturated rings. The molecule has 0 radical (unpaired) electrons. The summed E-state index contributed by atoms with van der Waals surface area (Å²) in [6, 6.07) is 0. The maximum Gasteiger partial charge on any atom is 0.472 e. The molecule has 0 spiro atoms. The smallest absolute Gasteiger partial charge is 0.462 e. The van der Waals surface area contributed by atoms with Crippen LogP contribution in [0.4, 0.5) is 0 Å². The number of esters is 4. The van der Waals surface area contributed by atoms with E-state index in [4.69, 9.17) is 37.0 Å². The lowest BCUT2D eigenvalue weighted by Gasteiger charge is -2.21. The van der Waals surface area contributed by atoms with Crippen molar-refractivity contribution in [2.24, 2.45) is 23.7 Å². The minimum atomic E-state index is -4.96. The van der Waals surface area contributed by atoms with Crippen LogP contribution in [0.15, 0.2) is 0 Å². The van der Waals surface area contributed by atoms with Gasteiger partial charge in [0.25, 0.3) is 0 Å². The van der Waals surface area contributed by atoms with Crippen LogP contribution in [-0.4, -0.2) is 96.7 Å². The molecule has 0 aromatic heterocycles. The van der Waals surface area contributed by atoms with Gasteiger partial charge in [-0.2, -0.15) is 0 Å². The summed E-state index contributed by atoms with van der Waals surface area (Å²) in [5, 5.41) is 10.6. The molecule has 0 aromatic carbocycles. The minimum Gasteiger partial charge on any atom is -0.462 e. The van der Waals surface area contributed by atoms with Gasteiger partial charge in [0.05, 0.1) is 26.4 Å². The molecule has 570 valence electrons. The molecule has 0 saturated carbocycles. The third kappa shape index (κ3) is 69.2. The van der Waals surface area contributed by atoms with E-state index in [1.54, 1.807) is 0 Å². The first-order valence-corrected chi connectivity index (χ1v) is 42.7. The average molecular weight is 1410 g/mol. The largest absolute Gasteiger partial charge is 0.472 e. The summed E-state index contributed by atoms with van der Waals surface area (Å²) in [5.41, 5.74) is 0. The van der Waals surface area contributed by atoms with Crippen LogP contribution < -0.4 is 0 Å². The van der Waals surface area contributed by atoms with E-state index in [-0.39, 0.29) is 25.7 Å². The van der Waals surface area contributed by atoms with Crippen LogP contribution in [0.3, 0.4) is 0 Å². The van der Waals surface area contributed by atoms with Gasteiger partial charge in [-0.3, -0.25) is 37.3 Å². The van der Waals surface area contributed by atoms with E-state index < -0.39 is 97.5 Å². The van der Waals surface area contributed by atoms with Crippen molar-refractivity contribution < 1.29 is 80.2 Å². The standard InChI is InChI=1S/C77H150O17P2/c1-9-70(8)56-48-40-35-36-42-50-58-75(80)88-64-73(93-76(81)59-51-43-33-26-22-18-14-16-20-24-30-38-46-54-68(4)5)66-92-96(85,86)90-62-71(78)61-89-95(83,84)91-65-72(94-77(82)60-52-44-34-28-27-31-39-47-55-69(6)7)63-87-74(79)57-49-41-32-25-21-17-13-11-10-12-15-19-23-29-37-45-53-67(2)3/h67-73,78H,9-66H2,1-8H3,(H,83,84)(H,85,86)/t70?,71-,72-,73-/m1/s1. The fourth-order valence-electron chi connectivity index (χ4n) is 11.7. The summed E-state index contributed by atoms with van der Waals surface area (Å²) in [6.45, 7) is 14.2. The molecular weight excluding hydrogens is 1260 g/mol. The maximum atomic E-state index is 13.1. The number of hydrogen-bond acceptors (Lipinski definition) is 15. The van der Waals surface area contributed by atoms with Gasteiger partial charge in [-0.1, -0.05) is 338 Å². The molecule has 3 unspecified atom stereocenters. The molecule has 96 heavy (non-hydrogen) atoms. The monoisotopic (exact) mass is 1410 g/mol. The van der Waals surface area contributed by atoms with E-state index in [9.17, 15) is 43.2 Å². The Morgan fingerprint density at radius 2 is 0.500 bits per heavy atom. The van der Waals surface area contributed by atoms with Crippen molar-refractivity contribution in [2.45, 2.75) is 408 Å². The summed E-state index contributed by atoms with van der Waals surface area (Å²) < 4.78 is 68.5. The number of carbonyl (C=O) groups excluding carboxylic acids is 4. The molecule has 0 amide bonds. The molecule has 19 heteroatoms. The molecule has 0 aliphatic carbocycles. The second-order valence-electron chi connectivity index (χ2n) is 29.4. The van der Waals surface area contributed by atoms with Crippen LogP contribution in [0.1, 0.15) is 389 Å². The Hall–Kier alpha value is -1.94. The van der Waals surface area contributed by atoms with E-state index in [1.807, 2.05) is 0 Å². The molecule has 0 saturated heterocycles. The molecule has 0 aromatic rings. The van der Waals surface area contributed by atoms with Crippen LogP contribution in [0, 0.1) is 23.7 Å². The summed E-state index contributed by atoms with van der Waals surface area (Å²) in [6.07, 6.45) is 51.5. The molecule has 0 bridgehead atoms. The van der Waals surface area contributed by atoms with Crippen molar-refractivity contribution >= 4 is 39.5 Å². The number of aliphatic hydroxyl groups is 1. The molecule has 17 nitrogen and oxygen atoms in total. The first-order valence-electron chi connectivity index (χ1n) is 39.7. The molecule has 6 atom stereocenters. The molecule has 0 heterocycles.